The Morgan fingerprint density at radius 2 is 2.38 bits per heavy atom. The monoisotopic (exact) mass is 173 g/mol. The molecular formula is C10H11N3. The number of pyridine rings is 1. The molecule has 1 N–H and O–H groups in total. The van der Waals surface area contributed by atoms with E-state index in [4.69, 9.17) is 5.26 Å². The molecule has 1 fully saturated rings. The van der Waals surface area contributed by atoms with E-state index in [-0.39, 0.29) is 0 Å². The minimum absolute atomic E-state index is 0.473. The Balaban J connectivity index is 1.98. The Bertz CT molecular complexity index is 336. The van der Waals surface area contributed by atoms with Crippen molar-refractivity contribution in [2.24, 2.45) is 5.92 Å². The summed E-state index contributed by atoms with van der Waals surface area (Å²) >= 11 is 0. The van der Waals surface area contributed by atoms with Crippen molar-refractivity contribution in [2.75, 3.05) is 11.9 Å². The average molecular weight is 173 g/mol. The van der Waals surface area contributed by atoms with Gasteiger partial charge in [0.05, 0.1) is 0 Å². The van der Waals surface area contributed by atoms with Gasteiger partial charge in [-0.2, -0.15) is 5.26 Å². The third-order valence-corrected chi connectivity index (χ3v) is 2.13. The van der Waals surface area contributed by atoms with E-state index in [1.165, 1.54) is 12.8 Å². The number of nitrogens with one attached hydrogen (secondary N) is 1. The van der Waals surface area contributed by atoms with Crippen molar-refractivity contribution in [2.45, 2.75) is 12.8 Å². The van der Waals surface area contributed by atoms with Crippen LogP contribution in [0, 0.1) is 17.2 Å². The van der Waals surface area contributed by atoms with Crippen molar-refractivity contribution < 1.29 is 0 Å². The summed E-state index contributed by atoms with van der Waals surface area (Å²) in [4.78, 5) is 4.12. The summed E-state index contributed by atoms with van der Waals surface area (Å²) in [6, 6.07) is 7.47. The summed E-state index contributed by atoms with van der Waals surface area (Å²) < 4.78 is 0. The SMILES string of the molecule is N#Cc1cccc(NCC2CC2)n1. The summed E-state index contributed by atoms with van der Waals surface area (Å²) in [5.41, 5.74) is 0.473. The Morgan fingerprint density at radius 1 is 1.54 bits per heavy atom. The van der Waals surface area contributed by atoms with Crippen molar-refractivity contribution in [3.63, 3.8) is 0 Å². The molecule has 0 unspecified atom stereocenters. The molecule has 1 aromatic rings. The van der Waals surface area contributed by atoms with E-state index in [0.29, 0.717) is 5.69 Å². The highest BCUT2D eigenvalue weighted by Crippen LogP contribution is 2.28. The minimum Gasteiger partial charge on any atom is -0.370 e. The van der Waals surface area contributed by atoms with Crippen LogP contribution in [0.3, 0.4) is 0 Å². The van der Waals surface area contributed by atoms with Crippen LogP contribution in [0.4, 0.5) is 5.82 Å². The van der Waals surface area contributed by atoms with E-state index in [1.807, 2.05) is 18.2 Å². The first-order valence-corrected chi connectivity index (χ1v) is 4.49. The molecule has 0 saturated heterocycles. The lowest BCUT2D eigenvalue weighted by molar-refractivity contribution is 0.882. The zero-order valence-electron chi connectivity index (χ0n) is 7.33. The van der Waals surface area contributed by atoms with Gasteiger partial charge in [0.25, 0.3) is 0 Å². The molecule has 13 heavy (non-hydrogen) atoms. The largest absolute Gasteiger partial charge is 0.370 e. The molecule has 1 aromatic heterocycles. The minimum atomic E-state index is 0.473. The van der Waals surface area contributed by atoms with Crippen LogP contribution in [0.1, 0.15) is 18.5 Å². The fraction of sp³-hybridized carbons (Fsp3) is 0.400. The molecule has 0 spiro atoms. The summed E-state index contributed by atoms with van der Waals surface area (Å²) in [6.45, 7) is 0.988. The van der Waals surface area contributed by atoms with Gasteiger partial charge in [-0.05, 0) is 30.9 Å². The Kier molecular flexibility index (Phi) is 2.13. The highest BCUT2D eigenvalue weighted by Gasteiger charge is 2.20. The number of rotatable bonds is 3. The average Bonchev–Trinajstić information content (AvgIpc) is 2.99. The summed E-state index contributed by atoms with van der Waals surface area (Å²) in [5, 5.41) is 11.8. The van der Waals surface area contributed by atoms with Crippen LogP contribution in [0.2, 0.25) is 0 Å². The van der Waals surface area contributed by atoms with Gasteiger partial charge in [0, 0.05) is 6.54 Å². The standard InChI is InChI=1S/C10H11N3/c11-6-9-2-1-3-10(13-9)12-7-8-4-5-8/h1-3,8H,4-5,7H2,(H,12,13). The molecule has 66 valence electrons. The first kappa shape index (κ1) is 8.06. The second-order valence-electron chi connectivity index (χ2n) is 3.34. The molecule has 1 saturated carbocycles. The smallest absolute Gasteiger partial charge is 0.142 e. The quantitative estimate of drug-likeness (QED) is 0.757. The van der Waals surface area contributed by atoms with Gasteiger partial charge in [0.2, 0.25) is 0 Å². The molecule has 3 nitrogen and oxygen atoms in total. The van der Waals surface area contributed by atoms with E-state index in [2.05, 4.69) is 10.3 Å². The normalized spacial score (nSPS) is 15.0. The number of hydrogen-bond acceptors (Lipinski definition) is 3. The summed E-state index contributed by atoms with van der Waals surface area (Å²) in [7, 11) is 0. The van der Waals surface area contributed by atoms with Crippen molar-refractivity contribution in [3.05, 3.63) is 23.9 Å². The zero-order valence-corrected chi connectivity index (χ0v) is 7.33. The maximum atomic E-state index is 8.61. The van der Waals surface area contributed by atoms with Crippen molar-refractivity contribution in [1.82, 2.24) is 4.98 Å². The summed E-state index contributed by atoms with van der Waals surface area (Å²) in [6.07, 6.45) is 2.65. The van der Waals surface area contributed by atoms with Crippen LogP contribution < -0.4 is 5.32 Å². The lowest BCUT2D eigenvalue weighted by Crippen LogP contribution is -2.04. The molecule has 0 atom stereocenters. The first-order valence-electron chi connectivity index (χ1n) is 4.49. The molecule has 0 radical (unpaired) electrons. The fourth-order valence-corrected chi connectivity index (χ4v) is 1.17. The van der Waals surface area contributed by atoms with E-state index in [1.54, 1.807) is 6.07 Å². The predicted octanol–water partition coefficient (Wildman–Crippen LogP) is 1.78. The van der Waals surface area contributed by atoms with E-state index >= 15 is 0 Å². The molecule has 0 aliphatic heterocycles. The van der Waals surface area contributed by atoms with Gasteiger partial charge in [-0.25, -0.2) is 4.98 Å². The third kappa shape index (κ3) is 2.19. The van der Waals surface area contributed by atoms with Gasteiger partial charge in [0.15, 0.2) is 0 Å². The molecular weight excluding hydrogens is 162 g/mol. The molecule has 3 heteroatoms. The van der Waals surface area contributed by atoms with Crippen LogP contribution in [-0.4, -0.2) is 11.5 Å². The number of aromatic nitrogens is 1. The Labute approximate surface area is 77.4 Å². The van der Waals surface area contributed by atoms with Crippen LogP contribution in [0.15, 0.2) is 18.2 Å². The summed E-state index contributed by atoms with van der Waals surface area (Å²) in [5.74, 6) is 1.64. The lowest BCUT2D eigenvalue weighted by atomic mass is 10.3. The number of hydrogen-bond donors (Lipinski definition) is 1. The molecule has 0 aromatic carbocycles. The first-order chi connectivity index (χ1) is 6.38. The van der Waals surface area contributed by atoms with Gasteiger partial charge < -0.3 is 5.32 Å². The van der Waals surface area contributed by atoms with Crippen molar-refractivity contribution in [3.8, 4) is 6.07 Å². The van der Waals surface area contributed by atoms with Crippen LogP contribution in [0.5, 0.6) is 0 Å². The molecule has 0 amide bonds. The second-order valence-corrected chi connectivity index (χ2v) is 3.34. The van der Waals surface area contributed by atoms with E-state index < -0.39 is 0 Å². The Morgan fingerprint density at radius 3 is 3.08 bits per heavy atom. The molecule has 0 bridgehead atoms. The zero-order chi connectivity index (χ0) is 9.10. The van der Waals surface area contributed by atoms with Gasteiger partial charge in [-0.1, -0.05) is 6.07 Å². The van der Waals surface area contributed by atoms with Crippen molar-refractivity contribution in [1.29, 1.82) is 5.26 Å². The highest BCUT2D eigenvalue weighted by atomic mass is 15.0. The van der Waals surface area contributed by atoms with Gasteiger partial charge >= 0.3 is 0 Å². The Hall–Kier alpha value is -1.56. The predicted molar refractivity (Wildman–Crippen MR) is 50.2 cm³/mol. The van der Waals surface area contributed by atoms with Crippen LogP contribution in [-0.2, 0) is 0 Å². The van der Waals surface area contributed by atoms with E-state index in [9.17, 15) is 0 Å². The second kappa shape index (κ2) is 3.44. The maximum absolute atomic E-state index is 8.61. The van der Waals surface area contributed by atoms with Crippen molar-refractivity contribution >= 4 is 5.82 Å². The fourth-order valence-electron chi connectivity index (χ4n) is 1.17. The number of anilines is 1. The van der Waals surface area contributed by atoms with Gasteiger partial charge in [-0.15, -0.1) is 0 Å². The highest BCUT2D eigenvalue weighted by molar-refractivity contribution is 5.38. The molecule has 2 rings (SSSR count). The van der Waals surface area contributed by atoms with Gasteiger partial charge in [-0.3, -0.25) is 0 Å². The molecule has 1 heterocycles. The van der Waals surface area contributed by atoms with Crippen LogP contribution >= 0.6 is 0 Å². The number of nitriles is 1. The van der Waals surface area contributed by atoms with E-state index in [0.717, 1.165) is 18.3 Å². The number of nitrogens with zero attached hydrogens (tertiary/aromatic N) is 2. The van der Waals surface area contributed by atoms with Gasteiger partial charge in [0.1, 0.15) is 17.6 Å². The molecule has 1 aliphatic carbocycles. The third-order valence-electron chi connectivity index (χ3n) is 2.13. The van der Waals surface area contributed by atoms with Crippen LogP contribution in [0.25, 0.3) is 0 Å². The molecule has 1 aliphatic rings. The maximum Gasteiger partial charge on any atom is 0.142 e. The lowest BCUT2D eigenvalue weighted by Gasteiger charge is -2.03. The topological polar surface area (TPSA) is 48.7 Å².